The minimum Gasteiger partial charge on any atom is -0.497 e. The average molecular weight is 429 g/mol. The molecule has 0 saturated heterocycles. The van der Waals surface area contributed by atoms with E-state index < -0.39 is 0 Å². The molecular formula is C23H32N4O4. The Morgan fingerprint density at radius 2 is 1.81 bits per heavy atom. The monoisotopic (exact) mass is 428 g/mol. The number of nitrogens with one attached hydrogen (secondary N) is 3. The second-order valence-corrected chi connectivity index (χ2v) is 6.59. The van der Waals surface area contributed by atoms with Gasteiger partial charge in [-0.15, -0.1) is 0 Å². The normalized spacial score (nSPS) is 11.0. The molecule has 1 amide bonds. The average Bonchev–Trinajstić information content (AvgIpc) is 2.80. The maximum Gasteiger partial charge on any atom is 0.251 e. The van der Waals surface area contributed by atoms with Crippen LogP contribution in [0, 0.1) is 0 Å². The molecular weight excluding hydrogens is 396 g/mol. The number of aliphatic imine (C=N–C) groups is 1. The summed E-state index contributed by atoms with van der Waals surface area (Å²) in [7, 11) is 3.27. The van der Waals surface area contributed by atoms with E-state index in [4.69, 9.17) is 14.2 Å². The number of anilines is 1. The number of amides is 1. The van der Waals surface area contributed by atoms with Gasteiger partial charge >= 0.3 is 0 Å². The van der Waals surface area contributed by atoms with E-state index >= 15 is 0 Å². The van der Waals surface area contributed by atoms with Crippen LogP contribution in [0.15, 0.2) is 53.5 Å². The highest BCUT2D eigenvalue weighted by atomic mass is 16.5. The van der Waals surface area contributed by atoms with E-state index in [0.717, 1.165) is 24.4 Å². The fourth-order valence-corrected chi connectivity index (χ4v) is 2.68. The SMILES string of the molecule is CCNC(=NCCNC(=O)c1ccc(OC)cc1)Nc1cccc(OCCCOC)c1. The van der Waals surface area contributed by atoms with Gasteiger partial charge in [-0.25, -0.2) is 0 Å². The molecule has 3 N–H and O–H groups in total. The standard InChI is InChI=1S/C23H32N4O4/c1-4-24-23(27-19-7-5-8-21(17-19)31-16-6-15-29-2)26-14-13-25-22(28)18-9-11-20(30-3)12-10-18/h5,7-12,17H,4,6,13-16H2,1-3H3,(H,25,28)(H2,24,26,27). The molecule has 31 heavy (non-hydrogen) atoms. The van der Waals surface area contributed by atoms with Crippen molar-refractivity contribution in [3.63, 3.8) is 0 Å². The number of ether oxygens (including phenoxy) is 3. The molecule has 168 valence electrons. The molecule has 0 saturated carbocycles. The topological polar surface area (TPSA) is 93.2 Å². The fourth-order valence-electron chi connectivity index (χ4n) is 2.68. The number of rotatable bonds is 12. The van der Waals surface area contributed by atoms with Crippen LogP contribution >= 0.6 is 0 Å². The lowest BCUT2D eigenvalue weighted by Crippen LogP contribution is -2.32. The Morgan fingerprint density at radius 1 is 1.00 bits per heavy atom. The van der Waals surface area contributed by atoms with Crippen LogP contribution in [-0.4, -0.2) is 58.9 Å². The number of hydrogen-bond donors (Lipinski definition) is 3. The van der Waals surface area contributed by atoms with E-state index in [1.807, 2.05) is 31.2 Å². The molecule has 2 aromatic rings. The summed E-state index contributed by atoms with van der Waals surface area (Å²) in [6.07, 6.45) is 0.834. The maximum absolute atomic E-state index is 12.2. The zero-order valence-corrected chi connectivity index (χ0v) is 18.4. The summed E-state index contributed by atoms with van der Waals surface area (Å²) in [5.74, 6) is 1.99. The number of guanidine groups is 1. The highest BCUT2D eigenvalue weighted by Gasteiger charge is 2.05. The summed E-state index contributed by atoms with van der Waals surface area (Å²) < 4.78 is 15.9. The molecule has 0 spiro atoms. The quantitative estimate of drug-likeness (QED) is 0.273. The van der Waals surface area contributed by atoms with E-state index in [0.29, 0.717) is 43.6 Å². The van der Waals surface area contributed by atoms with Crippen molar-refractivity contribution in [2.24, 2.45) is 4.99 Å². The Kier molecular flexibility index (Phi) is 10.7. The Balaban J connectivity index is 1.84. The summed E-state index contributed by atoms with van der Waals surface area (Å²) in [6.45, 7) is 4.84. The molecule has 2 aromatic carbocycles. The Morgan fingerprint density at radius 3 is 2.52 bits per heavy atom. The molecule has 0 radical (unpaired) electrons. The van der Waals surface area contributed by atoms with Crippen molar-refractivity contribution in [2.75, 3.05) is 52.4 Å². The van der Waals surface area contributed by atoms with Crippen LogP contribution in [0.3, 0.4) is 0 Å². The van der Waals surface area contributed by atoms with Crippen molar-refractivity contribution in [3.05, 3.63) is 54.1 Å². The third-order valence-electron chi connectivity index (χ3n) is 4.22. The van der Waals surface area contributed by atoms with E-state index in [1.165, 1.54) is 0 Å². The molecule has 0 aliphatic rings. The van der Waals surface area contributed by atoms with Crippen molar-refractivity contribution in [2.45, 2.75) is 13.3 Å². The Bertz CT molecular complexity index is 825. The van der Waals surface area contributed by atoms with Gasteiger partial charge in [0.25, 0.3) is 5.91 Å². The van der Waals surface area contributed by atoms with Gasteiger partial charge in [-0.05, 0) is 43.3 Å². The van der Waals surface area contributed by atoms with Crippen LogP contribution in [0.2, 0.25) is 0 Å². The van der Waals surface area contributed by atoms with Crippen molar-refractivity contribution in [1.82, 2.24) is 10.6 Å². The van der Waals surface area contributed by atoms with E-state index in [2.05, 4.69) is 20.9 Å². The molecule has 0 aliphatic heterocycles. The van der Waals surface area contributed by atoms with Gasteiger partial charge in [0.05, 0.1) is 20.3 Å². The van der Waals surface area contributed by atoms with Crippen molar-refractivity contribution in [3.8, 4) is 11.5 Å². The van der Waals surface area contributed by atoms with Crippen LogP contribution in [0.5, 0.6) is 11.5 Å². The van der Waals surface area contributed by atoms with Crippen LogP contribution in [0.1, 0.15) is 23.7 Å². The van der Waals surface area contributed by atoms with Crippen LogP contribution in [-0.2, 0) is 4.74 Å². The van der Waals surface area contributed by atoms with Gasteiger partial charge in [0.1, 0.15) is 11.5 Å². The first-order valence-electron chi connectivity index (χ1n) is 10.4. The zero-order chi connectivity index (χ0) is 22.3. The number of carbonyl (C=O) groups is 1. The first-order chi connectivity index (χ1) is 15.2. The number of nitrogens with zero attached hydrogens (tertiary/aromatic N) is 1. The van der Waals surface area contributed by atoms with Gasteiger partial charge in [0.15, 0.2) is 5.96 Å². The smallest absolute Gasteiger partial charge is 0.251 e. The highest BCUT2D eigenvalue weighted by molar-refractivity contribution is 5.95. The predicted molar refractivity (Wildman–Crippen MR) is 123 cm³/mol. The number of benzene rings is 2. The molecule has 0 atom stereocenters. The Hall–Kier alpha value is -3.26. The summed E-state index contributed by atoms with van der Waals surface area (Å²) in [4.78, 5) is 16.7. The number of hydrogen-bond acceptors (Lipinski definition) is 5. The molecule has 0 fully saturated rings. The van der Waals surface area contributed by atoms with E-state index in [-0.39, 0.29) is 5.91 Å². The minimum absolute atomic E-state index is 0.144. The third kappa shape index (κ3) is 8.96. The first kappa shape index (κ1) is 24.0. The first-order valence-corrected chi connectivity index (χ1v) is 10.4. The lowest BCUT2D eigenvalue weighted by atomic mass is 10.2. The zero-order valence-electron chi connectivity index (χ0n) is 18.4. The summed E-state index contributed by atoms with van der Waals surface area (Å²) in [6, 6.07) is 14.7. The van der Waals surface area contributed by atoms with E-state index in [1.54, 1.807) is 38.5 Å². The summed E-state index contributed by atoms with van der Waals surface area (Å²) in [5.41, 5.74) is 1.45. The maximum atomic E-state index is 12.2. The number of methoxy groups -OCH3 is 2. The summed E-state index contributed by atoms with van der Waals surface area (Å²) >= 11 is 0. The largest absolute Gasteiger partial charge is 0.497 e. The third-order valence-corrected chi connectivity index (χ3v) is 4.22. The predicted octanol–water partition coefficient (Wildman–Crippen LogP) is 2.92. The van der Waals surface area contributed by atoms with Gasteiger partial charge in [-0.2, -0.15) is 0 Å². The molecule has 8 nitrogen and oxygen atoms in total. The van der Waals surface area contributed by atoms with Crippen LogP contribution in [0.25, 0.3) is 0 Å². The highest BCUT2D eigenvalue weighted by Crippen LogP contribution is 2.17. The molecule has 8 heteroatoms. The van der Waals surface area contributed by atoms with Crippen molar-refractivity contribution < 1.29 is 19.0 Å². The second-order valence-electron chi connectivity index (χ2n) is 6.59. The molecule has 2 rings (SSSR count). The van der Waals surface area contributed by atoms with Crippen LogP contribution in [0.4, 0.5) is 5.69 Å². The molecule has 0 unspecified atom stereocenters. The number of carbonyl (C=O) groups excluding carboxylic acids is 1. The molecule has 0 bridgehead atoms. The molecule has 0 aromatic heterocycles. The van der Waals surface area contributed by atoms with Crippen molar-refractivity contribution in [1.29, 1.82) is 0 Å². The Labute approximate surface area is 184 Å². The van der Waals surface area contributed by atoms with Gasteiger partial charge < -0.3 is 30.2 Å². The second kappa shape index (κ2) is 13.9. The van der Waals surface area contributed by atoms with Crippen LogP contribution < -0.4 is 25.4 Å². The van der Waals surface area contributed by atoms with Gasteiger partial charge in [-0.3, -0.25) is 9.79 Å². The lowest BCUT2D eigenvalue weighted by Gasteiger charge is -2.13. The molecule has 0 aliphatic carbocycles. The fraction of sp³-hybridized carbons (Fsp3) is 0.391. The lowest BCUT2D eigenvalue weighted by molar-refractivity contribution is 0.0954. The van der Waals surface area contributed by atoms with Gasteiger partial charge in [0, 0.05) is 50.5 Å². The van der Waals surface area contributed by atoms with Gasteiger partial charge in [-0.1, -0.05) is 6.07 Å². The van der Waals surface area contributed by atoms with Crippen molar-refractivity contribution >= 4 is 17.6 Å². The van der Waals surface area contributed by atoms with E-state index in [9.17, 15) is 4.79 Å². The molecule has 0 heterocycles. The minimum atomic E-state index is -0.144. The van der Waals surface area contributed by atoms with Gasteiger partial charge in [0.2, 0.25) is 0 Å². The summed E-state index contributed by atoms with van der Waals surface area (Å²) in [5, 5.41) is 9.33.